The van der Waals surface area contributed by atoms with Crippen LogP contribution in [0.3, 0.4) is 0 Å². The molecule has 0 spiro atoms. The Morgan fingerprint density at radius 1 is 1.28 bits per heavy atom. The van der Waals surface area contributed by atoms with Crippen LogP contribution in [-0.4, -0.2) is 11.1 Å². The largest absolute Gasteiger partial charge is 0.481 e. The topological polar surface area (TPSA) is 37.3 Å². The number of hydrogen-bond donors (Lipinski definition) is 1. The minimum Gasteiger partial charge on any atom is -0.481 e. The van der Waals surface area contributed by atoms with Gasteiger partial charge in [-0.05, 0) is 28.8 Å². The molecule has 0 amide bonds. The summed E-state index contributed by atoms with van der Waals surface area (Å²) in [5.74, 6) is -4.94. The van der Waals surface area contributed by atoms with Gasteiger partial charge in [0.05, 0.1) is 15.9 Å². The highest BCUT2D eigenvalue weighted by molar-refractivity contribution is 9.10. The van der Waals surface area contributed by atoms with Gasteiger partial charge in [0.1, 0.15) is 0 Å². The number of hydrogen-bond acceptors (Lipinski definition) is 1. The Balaban J connectivity index is 2.62. The summed E-state index contributed by atoms with van der Waals surface area (Å²) in [7, 11) is 0. The van der Waals surface area contributed by atoms with E-state index in [1.165, 1.54) is 0 Å². The smallest absolute Gasteiger partial charge is 0.304 e. The molecule has 0 heterocycles. The number of halogens is 5. The number of carboxylic acid groups (broad SMARTS) is 1. The molecular formula is C11H7BrClF3O2. The Kier molecular flexibility index (Phi) is 3.36. The van der Waals surface area contributed by atoms with E-state index in [-0.39, 0.29) is 5.56 Å². The third-order valence-corrected chi connectivity index (χ3v) is 4.13. The van der Waals surface area contributed by atoms with Crippen molar-refractivity contribution in [3.63, 3.8) is 0 Å². The molecule has 0 aromatic heterocycles. The first-order valence-electron chi connectivity index (χ1n) is 5.04. The van der Waals surface area contributed by atoms with Crippen LogP contribution in [-0.2, 0) is 10.2 Å². The number of rotatable bonds is 3. The molecule has 1 N–H and O–H groups in total. The third-order valence-electron chi connectivity index (χ3n) is 3.08. The van der Waals surface area contributed by atoms with Gasteiger partial charge in [-0.2, -0.15) is 0 Å². The van der Waals surface area contributed by atoms with Crippen molar-refractivity contribution in [2.24, 2.45) is 0 Å². The van der Waals surface area contributed by atoms with Crippen LogP contribution in [0.25, 0.3) is 0 Å². The lowest BCUT2D eigenvalue weighted by atomic mass is 9.91. The van der Waals surface area contributed by atoms with Gasteiger partial charge >= 0.3 is 5.97 Å². The zero-order chi connectivity index (χ0) is 13.7. The Hall–Kier alpha value is -0.750. The van der Waals surface area contributed by atoms with E-state index in [2.05, 4.69) is 15.9 Å². The van der Waals surface area contributed by atoms with Crippen molar-refractivity contribution in [1.82, 2.24) is 0 Å². The molecule has 1 saturated carbocycles. The third kappa shape index (κ3) is 2.01. The second-order valence-electron chi connectivity index (χ2n) is 4.30. The molecule has 2 rings (SSSR count). The molecule has 0 saturated heterocycles. The molecule has 0 bridgehead atoms. The van der Waals surface area contributed by atoms with Crippen molar-refractivity contribution in [1.29, 1.82) is 0 Å². The molecule has 18 heavy (non-hydrogen) atoms. The van der Waals surface area contributed by atoms with Crippen LogP contribution in [0.1, 0.15) is 24.8 Å². The summed E-state index contributed by atoms with van der Waals surface area (Å²) in [6.45, 7) is 0. The van der Waals surface area contributed by atoms with Crippen molar-refractivity contribution in [3.8, 4) is 0 Å². The van der Waals surface area contributed by atoms with Gasteiger partial charge in [0, 0.05) is 11.0 Å². The quantitative estimate of drug-likeness (QED) is 0.665. The van der Waals surface area contributed by atoms with Crippen LogP contribution in [0.4, 0.5) is 13.2 Å². The van der Waals surface area contributed by atoms with Gasteiger partial charge in [0.2, 0.25) is 0 Å². The molecule has 1 fully saturated rings. The normalized spacial score (nSPS) is 16.7. The van der Waals surface area contributed by atoms with Crippen LogP contribution >= 0.6 is 27.5 Å². The van der Waals surface area contributed by atoms with E-state index in [4.69, 9.17) is 16.7 Å². The molecule has 1 aliphatic rings. The van der Waals surface area contributed by atoms with Crippen molar-refractivity contribution in [2.75, 3.05) is 0 Å². The number of carboxylic acids is 1. The van der Waals surface area contributed by atoms with Gasteiger partial charge in [0.25, 0.3) is 0 Å². The van der Waals surface area contributed by atoms with Crippen molar-refractivity contribution >= 4 is 33.5 Å². The van der Waals surface area contributed by atoms with Gasteiger partial charge in [-0.3, -0.25) is 4.79 Å². The summed E-state index contributed by atoms with van der Waals surface area (Å²) in [6.07, 6.45) is 0.289. The first kappa shape index (κ1) is 13.7. The van der Waals surface area contributed by atoms with Crippen LogP contribution in [0.5, 0.6) is 0 Å². The molecule has 98 valence electrons. The van der Waals surface area contributed by atoms with E-state index in [0.29, 0.717) is 12.8 Å². The summed E-state index contributed by atoms with van der Waals surface area (Å²) in [5.41, 5.74) is -1.46. The number of aliphatic carboxylic acids is 1. The Morgan fingerprint density at radius 2 is 1.83 bits per heavy atom. The number of carbonyl (C=O) groups is 1. The van der Waals surface area contributed by atoms with Gasteiger partial charge in [0.15, 0.2) is 17.5 Å². The van der Waals surface area contributed by atoms with E-state index in [9.17, 15) is 18.0 Å². The van der Waals surface area contributed by atoms with Crippen molar-refractivity contribution < 1.29 is 23.1 Å². The highest BCUT2D eigenvalue weighted by Gasteiger charge is 2.50. The van der Waals surface area contributed by atoms with Gasteiger partial charge < -0.3 is 5.11 Å². The summed E-state index contributed by atoms with van der Waals surface area (Å²) < 4.78 is 40.2. The molecule has 0 radical (unpaired) electrons. The van der Waals surface area contributed by atoms with E-state index >= 15 is 0 Å². The first-order valence-corrected chi connectivity index (χ1v) is 6.21. The van der Waals surface area contributed by atoms with Crippen molar-refractivity contribution in [3.05, 3.63) is 32.5 Å². The Labute approximate surface area is 114 Å². The fourth-order valence-corrected chi connectivity index (χ4v) is 2.89. The minimum absolute atomic E-state index is 0.344. The van der Waals surface area contributed by atoms with Crippen LogP contribution in [0.15, 0.2) is 4.47 Å². The fourth-order valence-electron chi connectivity index (χ4n) is 2.03. The Morgan fingerprint density at radius 3 is 2.28 bits per heavy atom. The highest BCUT2D eigenvalue weighted by atomic mass is 79.9. The second-order valence-corrected chi connectivity index (χ2v) is 5.47. The maximum Gasteiger partial charge on any atom is 0.304 e. The molecule has 1 aromatic rings. The maximum absolute atomic E-state index is 13.8. The van der Waals surface area contributed by atoms with Crippen LogP contribution < -0.4 is 0 Å². The molecule has 7 heteroatoms. The zero-order valence-corrected chi connectivity index (χ0v) is 11.2. The van der Waals surface area contributed by atoms with E-state index < -0.39 is 44.8 Å². The zero-order valence-electron chi connectivity index (χ0n) is 8.87. The van der Waals surface area contributed by atoms with Gasteiger partial charge in [-0.1, -0.05) is 11.6 Å². The van der Waals surface area contributed by atoms with Crippen LogP contribution in [0, 0.1) is 17.5 Å². The second kappa shape index (κ2) is 4.42. The molecule has 0 atom stereocenters. The molecule has 0 aliphatic heterocycles. The SMILES string of the molecule is O=C(O)CC1(c2c(F)c(F)c(Br)c(F)c2Cl)CC1. The fraction of sp³-hybridized carbons (Fsp3) is 0.364. The predicted molar refractivity (Wildman–Crippen MR) is 62.2 cm³/mol. The molecule has 1 aromatic carbocycles. The lowest BCUT2D eigenvalue weighted by Gasteiger charge is -2.17. The van der Waals surface area contributed by atoms with E-state index in [0.717, 1.165) is 0 Å². The lowest BCUT2D eigenvalue weighted by Crippen LogP contribution is -2.17. The van der Waals surface area contributed by atoms with Gasteiger partial charge in [-0.15, -0.1) is 0 Å². The van der Waals surface area contributed by atoms with Crippen LogP contribution in [0.2, 0.25) is 5.02 Å². The Bertz CT molecular complexity index is 515. The molecule has 1 aliphatic carbocycles. The monoisotopic (exact) mass is 342 g/mol. The lowest BCUT2D eigenvalue weighted by molar-refractivity contribution is -0.137. The summed E-state index contributed by atoms with van der Waals surface area (Å²) in [6, 6.07) is 0. The first-order chi connectivity index (χ1) is 8.30. The van der Waals surface area contributed by atoms with Crippen molar-refractivity contribution in [2.45, 2.75) is 24.7 Å². The maximum atomic E-state index is 13.8. The summed E-state index contributed by atoms with van der Waals surface area (Å²) in [5, 5.41) is 8.21. The summed E-state index contributed by atoms with van der Waals surface area (Å²) in [4.78, 5) is 10.7. The van der Waals surface area contributed by atoms with Gasteiger partial charge in [-0.25, -0.2) is 13.2 Å². The molecule has 2 nitrogen and oxygen atoms in total. The summed E-state index contributed by atoms with van der Waals surface area (Å²) >= 11 is 8.24. The minimum atomic E-state index is -1.39. The highest BCUT2D eigenvalue weighted by Crippen LogP contribution is 2.55. The molecular weight excluding hydrogens is 336 g/mol. The molecule has 0 unspecified atom stereocenters. The average molecular weight is 344 g/mol. The van der Waals surface area contributed by atoms with E-state index in [1.807, 2.05) is 0 Å². The van der Waals surface area contributed by atoms with E-state index in [1.54, 1.807) is 0 Å². The standard InChI is InChI=1S/C11H7BrClF3O2/c12-6-9(15)7(13)5(8(14)10(6)16)11(1-2-11)3-4(17)18/h1-3H2,(H,17,18). The average Bonchev–Trinajstić information content (AvgIpc) is 3.03. The predicted octanol–water partition coefficient (Wildman–Crippen LogP) is 4.03. The number of benzene rings is 1.